The largest absolute Gasteiger partial charge is 0.375 e. The number of carbonyl (C=O) groups excluding carboxylic acids is 2. The molecule has 0 bridgehead atoms. The number of hydrogen-bond donors (Lipinski definition) is 2. The summed E-state index contributed by atoms with van der Waals surface area (Å²) < 4.78 is 0. The molecule has 6 nitrogen and oxygen atoms in total. The number of nitrogens with one attached hydrogen (secondary N) is 1. The monoisotopic (exact) mass is 418 g/mol. The minimum absolute atomic E-state index is 0.183. The molecule has 160 valence electrons. The fraction of sp³-hybridized carbons (Fsp3) is 0.200. The summed E-state index contributed by atoms with van der Waals surface area (Å²) in [6.45, 7) is 5.67. The molecule has 0 spiro atoms. The first-order valence-corrected chi connectivity index (χ1v) is 9.97. The topological polar surface area (TPSA) is 90.7 Å². The zero-order chi connectivity index (χ0) is 22.4. The second kappa shape index (κ2) is 9.55. The van der Waals surface area contributed by atoms with Gasteiger partial charge in [0, 0.05) is 12.1 Å². The van der Waals surface area contributed by atoms with Gasteiger partial charge >= 0.3 is 5.97 Å². The number of benzene rings is 3. The predicted octanol–water partition coefficient (Wildman–Crippen LogP) is 4.95. The van der Waals surface area contributed by atoms with Gasteiger partial charge in [0.2, 0.25) is 0 Å². The molecule has 0 unspecified atom stereocenters. The van der Waals surface area contributed by atoms with E-state index in [1.54, 1.807) is 63.2 Å². The number of amides is 1. The molecule has 31 heavy (non-hydrogen) atoms. The summed E-state index contributed by atoms with van der Waals surface area (Å²) in [5, 5.41) is 2.83. The first kappa shape index (κ1) is 22.2. The van der Waals surface area contributed by atoms with Gasteiger partial charge in [-0.25, -0.2) is 4.79 Å². The lowest BCUT2D eigenvalue weighted by Crippen LogP contribution is -2.23. The van der Waals surface area contributed by atoms with Crippen molar-refractivity contribution in [2.45, 2.75) is 32.9 Å². The van der Waals surface area contributed by atoms with Gasteiger partial charge in [-0.3, -0.25) is 9.68 Å². The van der Waals surface area contributed by atoms with Crippen molar-refractivity contribution in [3.8, 4) is 11.1 Å². The fourth-order valence-electron chi connectivity index (χ4n) is 2.96. The second-order valence-electron chi connectivity index (χ2n) is 8.01. The van der Waals surface area contributed by atoms with Crippen LogP contribution in [0.25, 0.3) is 11.1 Å². The molecule has 0 heterocycles. The van der Waals surface area contributed by atoms with Gasteiger partial charge in [-0.1, -0.05) is 48.5 Å². The average Bonchev–Trinajstić information content (AvgIpc) is 2.77. The van der Waals surface area contributed by atoms with Crippen LogP contribution in [-0.2, 0) is 16.3 Å². The molecule has 0 aliphatic rings. The minimum atomic E-state index is -0.697. The SMILES string of the molecule is CC(C)(C)OOC(=O)c1ccc(-c2ccccc2CN)cc1NC(=O)c1ccccc1. The summed E-state index contributed by atoms with van der Waals surface area (Å²) in [5.41, 5.74) is 8.89. The van der Waals surface area contributed by atoms with E-state index in [2.05, 4.69) is 5.32 Å². The van der Waals surface area contributed by atoms with Gasteiger partial charge in [0.15, 0.2) is 0 Å². The number of carbonyl (C=O) groups is 2. The molecule has 0 aliphatic heterocycles. The third-order valence-electron chi connectivity index (χ3n) is 4.44. The molecule has 0 saturated heterocycles. The Morgan fingerprint density at radius 3 is 2.29 bits per heavy atom. The highest BCUT2D eigenvalue weighted by molar-refractivity contribution is 6.08. The molecule has 3 aromatic carbocycles. The van der Waals surface area contributed by atoms with Crippen molar-refractivity contribution in [1.82, 2.24) is 0 Å². The Bertz CT molecular complexity index is 1070. The highest BCUT2D eigenvalue weighted by Gasteiger charge is 2.21. The maximum Gasteiger partial charge on any atom is 0.375 e. The van der Waals surface area contributed by atoms with E-state index in [4.69, 9.17) is 15.5 Å². The Labute approximate surface area is 181 Å². The molecule has 0 aliphatic carbocycles. The number of hydrogen-bond acceptors (Lipinski definition) is 5. The summed E-state index contributed by atoms with van der Waals surface area (Å²) >= 11 is 0. The van der Waals surface area contributed by atoms with E-state index in [-0.39, 0.29) is 11.5 Å². The smallest absolute Gasteiger partial charge is 0.326 e. The van der Waals surface area contributed by atoms with E-state index in [0.29, 0.717) is 17.8 Å². The quantitative estimate of drug-likeness (QED) is 0.437. The Kier molecular flexibility index (Phi) is 6.84. The third kappa shape index (κ3) is 5.78. The zero-order valence-corrected chi connectivity index (χ0v) is 17.8. The van der Waals surface area contributed by atoms with Gasteiger partial charge in [-0.15, -0.1) is 0 Å². The lowest BCUT2D eigenvalue weighted by atomic mass is 9.97. The Balaban J connectivity index is 2.00. The van der Waals surface area contributed by atoms with Crippen LogP contribution < -0.4 is 11.1 Å². The Morgan fingerprint density at radius 1 is 0.935 bits per heavy atom. The van der Waals surface area contributed by atoms with Crippen LogP contribution in [-0.4, -0.2) is 17.5 Å². The number of rotatable bonds is 6. The van der Waals surface area contributed by atoms with Gasteiger partial charge in [0.05, 0.1) is 11.3 Å². The molecular weight excluding hydrogens is 392 g/mol. The van der Waals surface area contributed by atoms with Crippen LogP contribution in [0, 0.1) is 0 Å². The van der Waals surface area contributed by atoms with E-state index in [1.165, 1.54) is 0 Å². The highest BCUT2D eigenvalue weighted by atomic mass is 17.2. The zero-order valence-electron chi connectivity index (χ0n) is 17.8. The van der Waals surface area contributed by atoms with Gasteiger partial charge in [0.25, 0.3) is 5.91 Å². The van der Waals surface area contributed by atoms with E-state index in [1.807, 2.05) is 30.3 Å². The Morgan fingerprint density at radius 2 is 1.61 bits per heavy atom. The number of nitrogens with two attached hydrogens (primary N) is 1. The molecular formula is C25H26N2O4. The van der Waals surface area contributed by atoms with E-state index >= 15 is 0 Å². The predicted molar refractivity (Wildman–Crippen MR) is 120 cm³/mol. The van der Waals surface area contributed by atoms with Gasteiger partial charge < -0.3 is 11.1 Å². The first-order chi connectivity index (χ1) is 14.8. The Hall–Kier alpha value is -3.48. The molecule has 0 fully saturated rings. The average molecular weight is 418 g/mol. The second-order valence-corrected chi connectivity index (χ2v) is 8.01. The van der Waals surface area contributed by atoms with Crippen molar-refractivity contribution >= 4 is 17.6 Å². The molecule has 3 aromatic rings. The van der Waals surface area contributed by atoms with Crippen LogP contribution in [0.1, 0.15) is 47.1 Å². The van der Waals surface area contributed by atoms with Crippen molar-refractivity contribution in [2.75, 3.05) is 5.32 Å². The lowest BCUT2D eigenvalue weighted by Gasteiger charge is -2.18. The summed E-state index contributed by atoms with van der Waals surface area (Å²) in [4.78, 5) is 35.6. The molecule has 6 heteroatoms. The maximum atomic E-state index is 12.8. The van der Waals surface area contributed by atoms with Gasteiger partial charge in [0.1, 0.15) is 5.60 Å². The fourth-order valence-corrected chi connectivity index (χ4v) is 2.96. The van der Waals surface area contributed by atoms with E-state index < -0.39 is 11.6 Å². The number of anilines is 1. The summed E-state index contributed by atoms with van der Waals surface area (Å²) in [7, 11) is 0. The third-order valence-corrected chi connectivity index (χ3v) is 4.44. The molecule has 1 amide bonds. The van der Waals surface area contributed by atoms with Crippen molar-refractivity contribution < 1.29 is 19.4 Å². The molecule has 3 rings (SSSR count). The van der Waals surface area contributed by atoms with Crippen LogP contribution >= 0.6 is 0 Å². The summed E-state index contributed by atoms with van der Waals surface area (Å²) in [6.07, 6.45) is 0. The minimum Gasteiger partial charge on any atom is -0.326 e. The lowest BCUT2D eigenvalue weighted by molar-refractivity contribution is -0.301. The van der Waals surface area contributed by atoms with Gasteiger partial charge in [-0.05, 0) is 61.7 Å². The van der Waals surface area contributed by atoms with Crippen molar-refractivity contribution in [2.24, 2.45) is 5.73 Å². The summed E-state index contributed by atoms with van der Waals surface area (Å²) in [6, 6.07) is 21.6. The van der Waals surface area contributed by atoms with E-state index in [9.17, 15) is 9.59 Å². The van der Waals surface area contributed by atoms with Crippen LogP contribution in [0.4, 0.5) is 5.69 Å². The van der Waals surface area contributed by atoms with Crippen molar-refractivity contribution in [1.29, 1.82) is 0 Å². The summed E-state index contributed by atoms with van der Waals surface area (Å²) in [5.74, 6) is -1.03. The van der Waals surface area contributed by atoms with Gasteiger partial charge in [-0.2, -0.15) is 4.89 Å². The van der Waals surface area contributed by atoms with E-state index in [0.717, 1.165) is 16.7 Å². The molecule has 0 radical (unpaired) electrons. The molecule has 0 atom stereocenters. The van der Waals surface area contributed by atoms with Crippen LogP contribution in [0.3, 0.4) is 0 Å². The van der Waals surface area contributed by atoms with Crippen molar-refractivity contribution in [3.63, 3.8) is 0 Å². The normalized spacial score (nSPS) is 11.1. The first-order valence-electron chi connectivity index (χ1n) is 9.97. The van der Waals surface area contributed by atoms with Crippen LogP contribution in [0.15, 0.2) is 72.8 Å². The molecule has 0 aromatic heterocycles. The van der Waals surface area contributed by atoms with Crippen LogP contribution in [0.2, 0.25) is 0 Å². The molecule has 0 saturated carbocycles. The highest BCUT2D eigenvalue weighted by Crippen LogP contribution is 2.29. The van der Waals surface area contributed by atoms with Crippen LogP contribution in [0.5, 0.6) is 0 Å². The standard InChI is InChI=1S/C25H26N2O4/c1-25(2,3)31-30-24(29)21-14-13-18(20-12-8-7-11-19(20)16-26)15-22(21)27-23(28)17-9-5-4-6-10-17/h4-15H,16,26H2,1-3H3,(H,27,28). The molecule has 3 N–H and O–H groups in total. The van der Waals surface area contributed by atoms with Crippen molar-refractivity contribution in [3.05, 3.63) is 89.5 Å². The maximum absolute atomic E-state index is 12.8.